The summed E-state index contributed by atoms with van der Waals surface area (Å²) in [5.41, 5.74) is 4.67. The quantitative estimate of drug-likeness (QED) is 0.371. The second kappa shape index (κ2) is 9.14. The van der Waals surface area contributed by atoms with E-state index in [9.17, 15) is 0 Å². The van der Waals surface area contributed by atoms with Crippen LogP contribution < -0.4 is 14.8 Å². The monoisotopic (exact) mass is 446 g/mol. The van der Waals surface area contributed by atoms with Crippen molar-refractivity contribution in [3.05, 3.63) is 88.2 Å². The molecule has 2 aromatic carbocycles. The van der Waals surface area contributed by atoms with Gasteiger partial charge in [-0.1, -0.05) is 41.7 Å². The lowest BCUT2D eigenvalue weighted by molar-refractivity contribution is 0.176. The molecule has 0 saturated carbocycles. The van der Waals surface area contributed by atoms with E-state index in [2.05, 4.69) is 57.8 Å². The average Bonchev–Trinajstić information content (AvgIpc) is 3.46. The van der Waals surface area contributed by atoms with Crippen LogP contribution in [0.1, 0.15) is 52.8 Å². The average molecular weight is 447 g/mol. The van der Waals surface area contributed by atoms with E-state index in [1.54, 1.807) is 11.3 Å². The number of aromatic amines is 1. The zero-order valence-electron chi connectivity index (χ0n) is 18.2. The molecule has 0 radical (unpaired) electrons. The van der Waals surface area contributed by atoms with Crippen LogP contribution in [-0.2, 0) is 13.0 Å². The van der Waals surface area contributed by atoms with Gasteiger partial charge in [-0.15, -0.1) is 0 Å². The van der Waals surface area contributed by atoms with Crippen LogP contribution >= 0.6 is 11.3 Å². The molecule has 0 amide bonds. The van der Waals surface area contributed by atoms with Crippen LogP contribution in [0.25, 0.3) is 0 Å². The first-order chi connectivity index (χ1) is 15.7. The third-order valence-corrected chi connectivity index (χ3v) is 6.68. The molecule has 2 aromatic heterocycles. The summed E-state index contributed by atoms with van der Waals surface area (Å²) in [6.45, 7) is 4.89. The molecule has 0 bridgehead atoms. The van der Waals surface area contributed by atoms with Gasteiger partial charge in [0, 0.05) is 34.9 Å². The lowest BCUT2D eigenvalue weighted by Crippen LogP contribution is -2.17. The van der Waals surface area contributed by atoms with Crippen molar-refractivity contribution in [2.24, 2.45) is 0 Å². The van der Waals surface area contributed by atoms with Crippen LogP contribution in [0.2, 0.25) is 0 Å². The van der Waals surface area contributed by atoms with Crippen LogP contribution in [0.4, 0.5) is 0 Å². The summed E-state index contributed by atoms with van der Waals surface area (Å²) in [7, 11) is 0. The standard InChI is InChI=1S/C25H26N4O2S/c1-16(22-15-28-29-17(22)2)26-13-21-14-27-25(32-21)30-20-9-11-24-19(12-20)8-10-23(31-24)18-6-4-3-5-7-18/h3-7,9,11-12,14-16,23,26H,8,10,13H2,1-2H3,(H,28,29). The number of hydrogen-bond donors (Lipinski definition) is 2. The molecule has 1 aliphatic heterocycles. The Kier molecular flexibility index (Phi) is 5.92. The van der Waals surface area contributed by atoms with Gasteiger partial charge in [-0.05, 0) is 56.0 Å². The summed E-state index contributed by atoms with van der Waals surface area (Å²) in [4.78, 5) is 5.57. The molecule has 6 nitrogen and oxygen atoms in total. The molecule has 0 aliphatic carbocycles. The van der Waals surface area contributed by atoms with Crippen LogP contribution in [0, 0.1) is 6.92 Å². The van der Waals surface area contributed by atoms with Crippen molar-refractivity contribution in [2.45, 2.75) is 45.4 Å². The van der Waals surface area contributed by atoms with E-state index in [1.165, 1.54) is 16.7 Å². The highest BCUT2D eigenvalue weighted by Gasteiger charge is 2.22. The first kappa shape index (κ1) is 20.7. The zero-order valence-corrected chi connectivity index (χ0v) is 19.0. The van der Waals surface area contributed by atoms with Gasteiger partial charge in [-0.3, -0.25) is 5.10 Å². The first-order valence-electron chi connectivity index (χ1n) is 10.9. The SMILES string of the molecule is Cc1[nH]ncc1C(C)NCc1cnc(Oc2ccc3c(c2)CCC(c2ccccc2)O3)s1. The van der Waals surface area contributed by atoms with Crippen LogP contribution in [0.3, 0.4) is 0 Å². The Bertz CT molecular complexity index is 1190. The minimum Gasteiger partial charge on any atom is -0.485 e. The highest BCUT2D eigenvalue weighted by atomic mass is 32.1. The maximum absolute atomic E-state index is 6.24. The van der Waals surface area contributed by atoms with Crippen molar-refractivity contribution in [1.29, 1.82) is 0 Å². The molecule has 4 aromatic rings. The highest BCUT2D eigenvalue weighted by molar-refractivity contribution is 7.13. The van der Waals surface area contributed by atoms with Gasteiger partial charge < -0.3 is 14.8 Å². The fraction of sp³-hybridized carbons (Fsp3) is 0.280. The molecule has 2 atom stereocenters. The third-order valence-electron chi connectivity index (χ3n) is 5.80. The number of fused-ring (bicyclic) bond motifs is 1. The Balaban J connectivity index is 1.20. The number of aromatic nitrogens is 3. The molecule has 1 aliphatic rings. The van der Waals surface area contributed by atoms with Crippen molar-refractivity contribution in [1.82, 2.24) is 20.5 Å². The molecule has 3 heterocycles. The Labute approximate surface area is 191 Å². The summed E-state index contributed by atoms with van der Waals surface area (Å²) in [5, 5.41) is 11.2. The van der Waals surface area contributed by atoms with Gasteiger partial charge in [0.25, 0.3) is 5.19 Å². The Morgan fingerprint density at radius 1 is 1.22 bits per heavy atom. The van der Waals surface area contributed by atoms with Gasteiger partial charge in [0.05, 0.1) is 6.20 Å². The highest BCUT2D eigenvalue weighted by Crippen LogP contribution is 2.38. The van der Waals surface area contributed by atoms with E-state index < -0.39 is 0 Å². The number of hydrogen-bond acceptors (Lipinski definition) is 6. The minimum atomic E-state index is 0.109. The molecule has 32 heavy (non-hydrogen) atoms. The molecule has 2 unspecified atom stereocenters. The number of ether oxygens (including phenoxy) is 2. The number of benzene rings is 2. The summed E-state index contributed by atoms with van der Waals surface area (Å²) in [6.07, 6.45) is 5.77. The van der Waals surface area contributed by atoms with Crippen LogP contribution in [-0.4, -0.2) is 15.2 Å². The Morgan fingerprint density at radius 2 is 2.09 bits per heavy atom. The number of aryl methyl sites for hydroxylation is 2. The van der Waals surface area contributed by atoms with E-state index >= 15 is 0 Å². The van der Waals surface area contributed by atoms with E-state index in [0.29, 0.717) is 5.19 Å². The molecule has 7 heteroatoms. The molecular weight excluding hydrogens is 420 g/mol. The summed E-state index contributed by atoms with van der Waals surface area (Å²) in [6, 6.07) is 16.6. The Morgan fingerprint density at radius 3 is 2.91 bits per heavy atom. The molecular formula is C25H26N4O2S. The van der Waals surface area contributed by atoms with Gasteiger partial charge in [-0.25, -0.2) is 4.98 Å². The van der Waals surface area contributed by atoms with Crippen LogP contribution in [0.15, 0.2) is 60.9 Å². The number of rotatable bonds is 7. The van der Waals surface area contributed by atoms with E-state index in [1.807, 2.05) is 37.5 Å². The maximum atomic E-state index is 6.24. The molecule has 0 saturated heterocycles. The number of thiazole rings is 1. The minimum absolute atomic E-state index is 0.109. The van der Waals surface area contributed by atoms with E-state index in [0.717, 1.165) is 41.5 Å². The fourth-order valence-electron chi connectivity index (χ4n) is 4.01. The molecule has 0 fully saturated rings. The smallest absolute Gasteiger partial charge is 0.278 e. The van der Waals surface area contributed by atoms with Crippen molar-refractivity contribution in [3.8, 4) is 16.7 Å². The lowest BCUT2D eigenvalue weighted by atomic mass is 9.97. The van der Waals surface area contributed by atoms with Crippen molar-refractivity contribution >= 4 is 11.3 Å². The van der Waals surface area contributed by atoms with Crippen molar-refractivity contribution in [3.63, 3.8) is 0 Å². The van der Waals surface area contributed by atoms with Gasteiger partial charge in [0.2, 0.25) is 0 Å². The van der Waals surface area contributed by atoms with E-state index in [4.69, 9.17) is 9.47 Å². The second-order valence-corrected chi connectivity index (χ2v) is 9.15. The summed E-state index contributed by atoms with van der Waals surface area (Å²) >= 11 is 1.56. The van der Waals surface area contributed by atoms with Gasteiger partial charge in [-0.2, -0.15) is 5.10 Å². The molecule has 2 N–H and O–H groups in total. The maximum Gasteiger partial charge on any atom is 0.278 e. The fourth-order valence-corrected chi connectivity index (χ4v) is 4.74. The van der Waals surface area contributed by atoms with Gasteiger partial charge in [0.1, 0.15) is 17.6 Å². The summed E-state index contributed by atoms with van der Waals surface area (Å²) in [5.74, 6) is 1.73. The van der Waals surface area contributed by atoms with Crippen molar-refractivity contribution < 1.29 is 9.47 Å². The number of H-pyrrole nitrogens is 1. The second-order valence-electron chi connectivity index (χ2n) is 8.07. The first-order valence-corrected chi connectivity index (χ1v) is 11.7. The third kappa shape index (κ3) is 4.54. The normalized spacial score (nSPS) is 16.2. The van der Waals surface area contributed by atoms with Gasteiger partial charge in [0.15, 0.2) is 0 Å². The molecule has 164 valence electrons. The molecule has 0 spiro atoms. The zero-order chi connectivity index (χ0) is 21.9. The summed E-state index contributed by atoms with van der Waals surface area (Å²) < 4.78 is 12.3. The van der Waals surface area contributed by atoms with Crippen LogP contribution in [0.5, 0.6) is 16.7 Å². The number of nitrogens with one attached hydrogen (secondary N) is 2. The van der Waals surface area contributed by atoms with Crippen molar-refractivity contribution in [2.75, 3.05) is 0 Å². The van der Waals surface area contributed by atoms with E-state index in [-0.39, 0.29) is 12.1 Å². The van der Waals surface area contributed by atoms with Gasteiger partial charge >= 0.3 is 0 Å². The largest absolute Gasteiger partial charge is 0.485 e. The topological polar surface area (TPSA) is 72.1 Å². The lowest BCUT2D eigenvalue weighted by Gasteiger charge is -2.26. The Hall–Kier alpha value is -3.16. The predicted molar refractivity (Wildman–Crippen MR) is 125 cm³/mol. The predicted octanol–water partition coefficient (Wildman–Crippen LogP) is 5.88. The number of nitrogens with zero attached hydrogens (tertiary/aromatic N) is 2. The molecule has 5 rings (SSSR count).